The van der Waals surface area contributed by atoms with Crippen LogP contribution in [0.15, 0.2) is 82.1 Å². The van der Waals surface area contributed by atoms with Gasteiger partial charge in [0.15, 0.2) is 0 Å². The van der Waals surface area contributed by atoms with Crippen molar-refractivity contribution in [3.8, 4) is 22.9 Å². The molecule has 0 N–H and O–H groups in total. The minimum absolute atomic E-state index is 0.176. The predicted molar refractivity (Wildman–Crippen MR) is 127 cm³/mol. The van der Waals surface area contributed by atoms with E-state index in [4.69, 9.17) is 4.42 Å². The molecule has 1 saturated heterocycles. The fourth-order valence-corrected chi connectivity index (χ4v) is 5.40. The Hall–Kier alpha value is -3.56. The Bertz CT molecular complexity index is 1390. The second-order valence-corrected chi connectivity index (χ2v) is 10.1. The molecule has 1 fully saturated rings. The lowest BCUT2D eigenvalue weighted by Gasteiger charge is -2.35. The molecular weight excluding hydrogens is 455 g/mol. The summed E-state index contributed by atoms with van der Waals surface area (Å²) in [6.45, 7) is 3.71. The fourth-order valence-electron chi connectivity index (χ4n) is 3.93. The summed E-state index contributed by atoms with van der Waals surface area (Å²) in [5.41, 5.74) is 3.34. The van der Waals surface area contributed by atoms with E-state index in [-0.39, 0.29) is 16.6 Å². The molecule has 1 aliphatic rings. The van der Waals surface area contributed by atoms with Crippen molar-refractivity contribution in [2.24, 2.45) is 0 Å². The van der Waals surface area contributed by atoms with E-state index in [1.807, 2.05) is 36.1 Å². The van der Waals surface area contributed by atoms with Gasteiger partial charge in [0, 0.05) is 43.0 Å². The zero-order valence-corrected chi connectivity index (χ0v) is 19.4. The first kappa shape index (κ1) is 22.2. The van der Waals surface area contributed by atoms with E-state index < -0.39 is 10.0 Å². The lowest BCUT2D eigenvalue weighted by atomic mass is 10.1. The molecule has 5 rings (SSSR count). The van der Waals surface area contributed by atoms with Gasteiger partial charge in [0.1, 0.15) is 5.82 Å². The third kappa shape index (κ3) is 4.44. The molecule has 1 aliphatic heterocycles. The van der Waals surface area contributed by atoms with Crippen LogP contribution in [0.2, 0.25) is 0 Å². The van der Waals surface area contributed by atoms with Gasteiger partial charge in [0.05, 0.1) is 4.90 Å². The predicted octanol–water partition coefficient (Wildman–Crippen LogP) is 4.36. The summed E-state index contributed by atoms with van der Waals surface area (Å²) in [6.07, 6.45) is 0. The lowest BCUT2D eigenvalue weighted by molar-refractivity contribution is 0.385. The maximum Gasteiger partial charge on any atom is 0.248 e. The van der Waals surface area contributed by atoms with E-state index in [1.165, 1.54) is 16.4 Å². The number of halogens is 1. The fraction of sp³-hybridized carbons (Fsp3) is 0.200. The average Bonchev–Trinajstić information content (AvgIpc) is 3.36. The van der Waals surface area contributed by atoms with Crippen LogP contribution in [0.3, 0.4) is 0 Å². The largest absolute Gasteiger partial charge is 0.416 e. The van der Waals surface area contributed by atoms with Gasteiger partial charge in [0.2, 0.25) is 21.8 Å². The summed E-state index contributed by atoms with van der Waals surface area (Å²) in [7, 11) is -3.70. The molecule has 0 atom stereocenters. The van der Waals surface area contributed by atoms with Crippen molar-refractivity contribution in [1.29, 1.82) is 0 Å². The van der Waals surface area contributed by atoms with Crippen molar-refractivity contribution in [2.45, 2.75) is 11.8 Å². The highest BCUT2D eigenvalue weighted by atomic mass is 32.2. The lowest BCUT2D eigenvalue weighted by Crippen LogP contribution is -2.48. The minimum Gasteiger partial charge on any atom is -0.416 e. The van der Waals surface area contributed by atoms with Crippen molar-refractivity contribution in [2.75, 3.05) is 31.1 Å². The monoisotopic (exact) mass is 478 g/mol. The van der Waals surface area contributed by atoms with Gasteiger partial charge in [-0.05, 0) is 61.5 Å². The van der Waals surface area contributed by atoms with Crippen molar-refractivity contribution >= 4 is 15.7 Å². The van der Waals surface area contributed by atoms with Gasteiger partial charge in [-0.15, -0.1) is 10.2 Å². The highest BCUT2D eigenvalue weighted by molar-refractivity contribution is 7.89. The molecule has 0 amide bonds. The molecule has 3 aromatic carbocycles. The van der Waals surface area contributed by atoms with E-state index in [2.05, 4.69) is 10.2 Å². The minimum atomic E-state index is -3.70. The molecule has 0 radical (unpaired) electrons. The Morgan fingerprint density at radius 1 is 0.824 bits per heavy atom. The molecule has 2 heterocycles. The molecule has 1 aromatic heterocycles. The SMILES string of the molecule is Cc1ccc(-c2nnc(-c3cccc(S(=O)(=O)N4CCN(c5ccc(F)cc5)CC4)c3)o2)cc1. The number of rotatable bonds is 5. The van der Waals surface area contributed by atoms with Crippen LogP contribution in [0.4, 0.5) is 10.1 Å². The molecule has 34 heavy (non-hydrogen) atoms. The number of sulfonamides is 1. The zero-order valence-electron chi connectivity index (χ0n) is 18.6. The zero-order chi connectivity index (χ0) is 23.7. The van der Waals surface area contributed by atoms with Gasteiger partial charge in [-0.3, -0.25) is 0 Å². The number of aromatic nitrogens is 2. The topological polar surface area (TPSA) is 79.5 Å². The van der Waals surface area contributed by atoms with Crippen LogP contribution in [0.5, 0.6) is 0 Å². The van der Waals surface area contributed by atoms with Crippen LogP contribution >= 0.6 is 0 Å². The van der Waals surface area contributed by atoms with Gasteiger partial charge < -0.3 is 9.32 Å². The molecular formula is C25H23FN4O3S. The van der Waals surface area contributed by atoms with Gasteiger partial charge in [-0.25, -0.2) is 12.8 Å². The van der Waals surface area contributed by atoms with Crippen molar-refractivity contribution in [3.63, 3.8) is 0 Å². The van der Waals surface area contributed by atoms with Crippen LogP contribution < -0.4 is 4.90 Å². The first-order valence-corrected chi connectivity index (χ1v) is 12.4. The number of benzene rings is 3. The van der Waals surface area contributed by atoms with Crippen LogP contribution in [-0.2, 0) is 10.0 Å². The quantitative estimate of drug-likeness (QED) is 0.424. The van der Waals surface area contributed by atoms with Crippen LogP contribution in [-0.4, -0.2) is 49.1 Å². The number of hydrogen-bond acceptors (Lipinski definition) is 6. The van der Waals surface area contributed by atoms with E-state index in [9.17, 15) is 12.8 Å². The van der Waals surface area contributed by atoms with Crippen molar-refractivity contribution in [3.05, 3.63) is 84.2 Å². The van der Waals surface area contributed by atoms with Crippen LogP contribution in [0.25, 0.3) is 22.9 Å². The summed E-state index contributed by atoms with van der Waals surface area (Å²) >= 11 is 0. The maximum absolute atomic E-state index is 13.3. The Labute approximate surface area is 197 Å². The molecule has 174 valence electrons. The van der Waals surface area contributed by atoms with Crippen LogP contribution in [0, 0.1) is 12.7 Å². The van der Waals surface area contributed by atoms with E-state index in [1.54, 1.807) is 36.4 Å². The summed E-state index contributed by atoms with van der Waals surface area (Å²) in [5, 5.41) is 8.22. The smallest absolute Gasteiger partial charge is 0.248 e. The summed E-state index contributed by atoms with van der Waals surface area (Å²) in [4.78, 5) is 2.22. The van der Waals surface area contributed by atoms with Crippen LogP contribution in [0.1, 0.15) is 5.56 Å². The number of hydrogen-bond donors (Lipinski definition) is 0. The number of anilines is 1. The molecule has 0 bridgehead atoms. The normalized spacial score (nSPS) is 14.9. The third-order valence-corrected chi connectivity index (χ3v) is 7.77. The number of aryl methyl sites for hydroxylation is 1. The van der Waals surface area contributed by atoms with E-state index >= 15 is 0 Å². The van der Waals surface area contributed by atoms with E-state index in [0.29, 0.717) is 37.6 Å². The van der Waals surface area contributed by atoms with Gasteiger partial charge in [-0.1, -0.05) is 23.8 Å². The van der Waals surface area contributed by atoms with Gasteiger partial charge in [0.25, 0.3) is 0 Å². The van der Waals surface area contributed by atoms with Crippen molar-refractivity contribution < 1.29 is 17.2 Å². The number of nitrogens with zero attached hydrogens (tertiary/aromatic N) is 4. The van der Waals surface area contributed by atoms with E-state index in [0.717, 1.165) is 16.8 Å². The molecule has 0 saturated carbocycles. The summed E-state index contributed by atoms with van der Waals surface area (Å²) in [6, 6.07) is 20.5. The Kier molecular flexibility index (Phi) is 5.89. The highest BCUT2D eigenvalue weighted by Gasteiger charge is 2.29. The van der Waals surface area contributed by atoms with Gasteiger partial charge >= 0.3 is 0 Å². The first-order valence-electron chi connectivity index (χ1n) is 10.9. The second-order valence-electron chi connectivity index (χ2n) is 8.17. The molecule has 4 aromatic rings. The highest BCUT2D eigenvalue weighted by Crippen LogP contribution is 2.27. The maximum atomic E-state index is 13.3. The average molecular weight is 479 g/mol. The molecule has 7 nitrogen and oxygen atoms in total. The van der Waals surface area contributed by atoms with Crippen molar-refractivity contribution in [1.82, 2.24) is 14.5 Å². The summed E-state index contributed by atoms with van der Waals surface area (Å²) < 4.78 is 47.1. The molecule has 0 unspecified atom stereocenters. The van der Waals surface area contributed by atoms with Gasteiger partial charge in [-0.2, -0.15) is 4.31 Å². The third-order valence-electron chi connectivity index (χ3n) is 5.87. The second kappa shape index (κ2) is 9.00. The Morgan fingerprint density at radius 3 is 2.15 bits per heavy atom. The standard InChI is InChI=1S/C25H23FN4O3S/c1-18-5-7-19(8-6-18)24-27-28-25(33-24)20-3-2-4-23(17-20)34(31,32)30-15-13-29(14-16-30)22-11-9-21(26)10-12-22/h2-12,17H,13-16H2,1H3. The molecule has 0 aliphatic carbocycles. The molecule has 0 spiro atoms. The summed E-state index contributed by atoms with van der Waals surface area (Å²) in [5.74, 6) is 0.339. The molecule has 9 heteroatoms. The first-order chi connectivity index (χ1) is 16.4. The Balaban J connectivity index is 1.33. The Morgan fingerprint density at radius 2 is 1.47 bits per heavy atom. The number of piperazine rings is 1.